The Bertz CT molecular complexity index is 357. The van der Waals surface area contributed by atoms with Crippen LogP contribution in [0.15, 0.2) is 29.4 Å². The molecule has 0 unspecified atom stereocenters. The van der Waals surface area contributed by atoms with Gasteiger partial charge in [-0.15, -0.1) is 0 Å². The van der Waals surface area contributed by atoms with Crippen molar-refractivity contribution < 1.29 is 18.4 Å². The first-order valence-electron chi connectivity index (χ1n) is 3.82. The van der Waals surface area contributed by atoms with E-state index in [1.807, 2.05) is 0 Å². The Balaban J connectivity index is 3.23. The number of nitrogens with zero attached hydrogens (tertiary/aromatic N) is 1. The third kappa shape index (κ3) is 2.04. The van der Waals surface area contributed by atoms with Crippen molar-refractivity contribution in [1.82, 2.24) is 0 Å². The van der Waals surface area contributed by atoms with Gasteiger partial charge in [-0.2, -0.15) is 13.2 Å². The smallest absolute Gasteiger partial charge is 0.410 e. The Morgan fingerprint density at radius 2 is 1.86 bits per heavy atom. The molecule has 0 fully saturated rings. The highest BCUT2D eigenvalue weighted by Gasteiger charge is 2.38. The highest BCUT2D eigenvalue weighted by Crippen LogP contribution is 2.24. The topological polar surface area (TPSA) is 32.6 Å². The van der Waals surface area contributed by atoms with Gasteiger partial charge < -0.3 is 5.21 Å². The SMILES string of the molecule is Cc1ccccc1/C(=N/O)C(F)(F)F. The summed E-state index contributed by atoms with van der Waals surface area (Å²) in [5, 5.41) is 10.6. The van der Waals surface area contributed by atoms with E-state index in [1.165, 1.54) is 25.1 Å². The number of oxime groups is 1. The Morgan fingerprint density at radius 3 is 2.29 bits per heavy atom. The molecule has 0 bridgehead atoms. The lowest BCUT2D eigenvalue weighted by atomic mass is 10.0. The molecule has 0 heterocycles. The minimum Gasteiger partial charge on any atom is -0.410 e. The minimum atomic E-state index is -4.64. The van der Waals surface area contributed by atoms with Gasteiger partial charge in [0.05, 0.1) is 0 Å². The molecule has 0 saturated carbocycles. The van der Waals surface area contributed by atoms with Crippen LogP contribution in [-0.2, 0) is 0 Å². The molecule has 0 aliphatic carbocycles. The maximum absolute atomic E-state index is 12.3. The van der Waals surface area contributed by atoms with Gasteiger partial charge in [0.2, 0.25) is 0 Å². The van der Waals surface area contributed by atoms with Gasteiger partial charge in [-0.05, 0) is 12.5 Å². The van der Waals surface area contributed by atoms with Crippen molar-refractivity contribution in [3.8, 4) is 0 Å². The van der Waals surface area contributed by atoms with Crippen molar-refractivity contribution >= 4 is 5.71 Å². The fourth-order valence-corrected chi connectivity index (χ4v) is 1.10. The largest absolute Gasteiger partial charge is 0.437 e. The van der Waals surface area contributed by atoms with E-state index >= 15 is 0 Å². The van der Waals surface area contributed by atoms with Crippen molar-refractivity contribution in [2.45, 2.75) is 13.1 Å². The van der Waals surface area contributed by atoms with E-state index in [-0.39, 0.29) is 5.56 Å². The van der Waals surface area contributed by atoms with Crippen LogP contribution in [0.4, 0.5) is 13.2 Å². The predicted octanol–water partition coefficient (Wildman–Crippen LogP) is 2.74. The quantitative estimate of drug-likeness (QED) is 0.425. The average molecular weight is 203 g/mol. The van der Waals surface area contributed by atoms with E-state index < -0.39 is 11.9 Å². The molecule has 0 spiro atoms. The van der Waals surface area contributed by atoms with Crippen LogP contribution in [0.5, 0.6) is 0 Å². The van der Waals surface area contributed by atoms with Gasteiger partial charge in [-0.1, -0.05) is 29.4 Å². The van der Waals surface area contributed by atoms with Gasteiger partial charge in [0.15, 0.2) is 5.71 Å². The third-order valence-electron chi connectivity index (χ3n) is 1.77. The zero-order chi connectivity index (χ0) is 10.8. The van der Waals surface area contributed by atoms with E-state index in [1.54, 1.807) is 6.07 Å². The minimum absolute atomic E-state index is 0.109. The summed E-state index contributed by atoms with van der Waals surface area (Å²) in [5.74, 6) is 0. The van der Waals surface area contributed by atoms with Crippen molar-refractivity contribution in [3.63, 3.8) is 0 Å². The molecule has 2 nitrogen and oxygen atoms in total. The van der Waals surface area contributed by atoms with Crippen molar-refractivity contribution in [1.29, 1.82) is 0 Å². The van der Waals surface area contributed by atoms with Crippen molar-refractivity contribution in [2.75, 3.05) is 0 Å². The second-order valence-corrected chi connectivity index (χ2v) is 2.76. The molecule has 1 aromatic rings. The number of alkyl halides is 3. The van der Waals surface area contributed by atoms with Crippen LogP contribution in [0.25, 0.3) is 0 Å². The summed E-state index contributed by atoms with van der Waals surface area (Å²) in [6.45, 7) is 1.52. The van der Waals surface area contributed by atoms with E-state index in [4.69, 9.17) is 5.21 Å². The van der Waals surface area contributed by atoms with Crippen LogP contribution < -0.4 is 0 Å². The molecule has 76 valence electrons. The van der Waals surface area contributed by atoms with Crippen LogP contribution in [0.1, 0.15) is 11.1 Å². The number of benzene rings is 1. The van der Waals surface area contributed by atoms with E-state index in [0.29, 0.717) is 5.56 Å². The van der Waals surface area contributed by atoms with Crippen LogP contribution in [-0.4, -0.2) is 17.1 Å². The summed E-state index contributed by atoms with van der Waals surface area (Å²) in [6, 6.07) is 5.85. The first-order chi connectivity index (χ1) is 6.46. The van der Waals surface area contributed by atoms with Gasteiger partial charge in [0.25, 0.3) is 0 Å². The van der Waals surface area contributed by atoms with Gasteiger partial charge >= 0.3 is 6.18 Å². The Morgan fingerprint density at radius 1 is 1.29 bits per heavy atom. The van der Waals surface area contributed by atoms with Crippen LogP contribution >= 0.6 is 0 Å². The summed E-state index contributed by atoms with van der Waals surface area (Å²) in [7, 11) is 0. The zero-order valence-electron chi connectivity index (χ0n) is 7.34. The lowest BCUT2D eigenvalue weighted by molar-refractivity contribution is -0.0601. The van der Waals surface area contributed by atoms with Crippen molar-refractivity contribution in [2.24, 2.45) is 5.16 Å². The molecule has 5 heteroatoms. The van der Waals surface area contributed by atoms with E-state index in [9.17, 15) is 13.2 Å². The lowest BCUT2D eigenvalue weighted by Gasteiger charge is -2.10. The normalized spacial score (nSPS) is 13.0. The van der Waals surface area contributed by atoms with Gasteiger partial charge in [0.1, 0.15) is 0 Å². The van der Waals surface area contributed by atoms with E-state index in [2.05, 4.69) is 5.16 Å². The molecule has 0 aliphatic heterocycles. The highest BCUT2D eigenvalue weighted by atomic mass is 19.4. The molecule has 1 aromatic carbocycles. The van der Waals surface area contributed by atoms with Gasteiger partial charge in [0, 0.05) is 5.56 Å². The highest BCUT2D eigenvalue weighted by molar-refractivity contribution is 6.05. The molecular weight excluding hydrogens is 195 g/mol. The number of hydrogen-bond donors (Lipinski definition) is 1. The molecule has 0 saturated heterocycles. The lowest BCUT2D eigenvalue weighted by Crippen LogP contribution is -2.24. The molecule has 0 amide bonds. The average Bonchev–Trinajstić information content (AvgIpc) is 2.07. The van der Waals surface area contributed by atoms with Crippen LogP contribution in [0, 0.1) is 6.92 Å². The Hall–Kier alpha value is -1.52. The summed E-state index contributed by atoms with van der Waals surface area (Å²) in [4.78, 5) is 0. The Labute approximate surface area is 78.7 Å². The number of aryl methyl sites for hydroxylation is 1. The molecule has 1 rings (SSSR count). The molecule has 0 aromatic heterocycles. The monoisotopic (exact) mass is 203 g/mol. The Kier molecular flexibility index (Phi) is 2.78. The van der Waals surface area contributed by atoms with Gasteiger partial charge in [-0.3, -0.25) is 0 Å². The molecule has 0 radical (unpaired) electrons. The zero-order valence-corrected chi connectivity index (χ0v) is 7.34. The van der Waals surface area contributed by atoms with Gasteiger partial charge in [-0.25, -0.2) is 0 Å². The third-order valence-corrected chi connectivity index (χ3v) is 1.77. The maximum Gasteiger partial charge on any atom is 0.437 e. The molecular formula is C9H8F3NO. The van der Waals surface area contributed by atoms with Crippen LogP contribution in [0.2, 0.25) is 0 Å². The number of rotatable bonds is 1. The fourth-order valence-electron chi connectivity index (χ4n) is 1.10. The molecule has 0 aliphatic rings. The standard InChI is InChI=1S/C9H8F3NO/c1-6-4-2-3-5-7(6)8(13-14)9(10,11)12/h2-5,14H,1H3/b13-8-. The van der Waals surface area contributed by atoms with E-state index in [0.717, 1.165) is 0 Å². The van der Waals surface area contributed by atoms with Crippen LogP contribution in [0.3, 0.4) is 0 Å². The summed E-state index contributed by atoms with van der Waals surface area (Å²) >= 11 is 0. The summed E-state index contributed by atoms with van der Waals surface area (Å²) < 4.78 is 36.9. The van der Waals surface area contributed by atoms with Crippen molar-refractivity contribution in [3.05, 3.63) is 35.4 Å². The second-order valence-electron chi connectivity index (χ2n) is 2.76. The summed E-state index contributed by atoms with van der Waals surface area (Å²) in [6.07, 6.45) is -4.64. The molecule has 14 heavy (non-hydrogen) atoms. The number of halogens is 3. The first kappa shape index (κ1) is 10.6. The predicted molar refractivity (Wildman–Crippen MR) is 45.6 cm³/mol. The molecule has 0 atom stereocenters. The second kappa shape index (κ2) is 3.69. The maximum atomic E-state index is 12.3. The number of hydrogen-bond acceptors (Lipinski definition) is 2. The first-order valence-corrected chi connectivity index (χ1v) is 3.82. The summed E-state index contributed by atoms with van der Waals surface area (Å²) in [5.41, 5.74) is -0.962. The fraction of sp³-hybridized carbons (Fsp3) is 0.222. The molecule has 1 N–H and O–H groups in total.